The van der Waals surface area contributed by atoms with Gasteiger partial charge in [0.05, 0.1) is 0 Å². The Labute approximate surface area is 120 Å². The van der Waals surface area contributed by atoms with Crippen LogP contribution in [0.1, 0.15) is 21.8 Å². The second-order valence-corrected chi connectivity index (χ2v) is 5.23. The van der Waals surface area contributed by atoms with Gasteiger partial charge in [0.2, 0.25) is 11.0 Å². The quantitative estimate of drug-likeness (QED) is 0.876. The number of nitrogens with one attached hydrogen (secondary N) is 2. The van der Waals surface area contributed by atoms with Crippen molar-refractivity contribution in [2.24, 2.45) is 0 Å². The van der Waals surface area contributed by atoms with Gasteiger partial charge in [0, 0.05) is 18.5 Å². The second kappa shape index (κ2) is 6.76. The molecule has 0 atom stereocenters. The van der Waals surface area contributed by atoms with E-state index in [4.69, 9.17) is 0 Å². The molecule has 1 aromatic carbocycles. The van der Waals surface area contributed by atoms with E-state index in [-0.39, 0.29) is 24.8 Å². The van der Waals surface area contributed by atoms with Crippen LogP contribution in [-0.2, 0) is 4.79 Å². The number of carbonyl (C=O) groups excluding carboxylic acids is 2. The third kappa shape index (κ3) is 4.13. The summed E-state index contributed by atoms with van der Waals surface area (Å²) in [6.45, 7) is 2.09. The molecule has 0 spiro atoms. The van der Waals surface area contributed by atoms with Gasteiger partial charge in [-0.3, -0.25) is 9.59 Å². The minimum absolute atomic E-state index is 0.190. The topological polar surface area (TPSA) is 84.0 Å². The second-order valence-electron chi connectivity index (χ2n) is 4.05. The van der Waals surface area contributed by atoms with Crippen LogP contribution in [0.5, 0.6) is 0 Å². The van der Waals surface area contributed by atoms with E-state index in [1.165, 1.54) is 11.3 Å². The monoisotopic (exact) mass is 290 g/mol. The van der Waals surface area contributed by atoms with E-state index in [0.717, 1.165) is 5.01 Å². The van der Waals surface area contributed by atoms with Crippen molar-refractivity contribution in [3.63, 3.8) is 0 Å². The van der Waals surface area contributed by atoms with Crippen molar-refractivity contribution in [2.45, 2.75) is 13.3 Å². The molecular formula is C13H14N4O2S. The number of nitrogens with zero attached hydrogens (tertiary/aromatic N) is 2. The fourth-order valence-electron chi connectivity index (χ4n) is 1.51. The Kier molecular flexibility index (Phi) is 4.78. The number of benzene rings is 1. The normalized spacial score (nSPS) is 10.1. The van der Waals surface area contributed by atoms with Gasteiger partial charge in [0.1, 0.15) is 5.01 Å². The summed E-state index contributed by atoms with van der Waals surface area (Å²) in [6, 6.07) is 8.87. The lowest BCUT2D eigenvalue weighted by Gasteiger charge is -2.04. The van der Waals surface area contributed by atoms with Crippen LogP contribution < -0.4 is 10.6 Å². The highest BCUT2D eigenvalue weighted by Crippen LogP contribution is 2.13. The average Bonchev–Trinajstić information content (AvgIpc) is 2.85. The number of aromatic nitrogens is 2. The molecule has 1 aromatic heterocycles. The summed E-state index contributed by atoms with van der Waals surface area (Å²) in [4.78, 5) is 23.3. The number of carbonyl (C=O) groups is 2. The number of amides is 2. The summed E-state index contributed by atoms with van der Waals surface area (Å²) in [7, 11) is 0. The molecule has 2 amide bonds. The first-order valence-electron chi connectivity index (χ1n) is 6.08. The Morgan fingerprint density at radius 1 is 1.20 bits per heavy atom. The van der Waals surface area contributed by atoms with E-state index < -0.39 is 0 Å². The maximum absolute atomic E-state index is 11.7. The molecule has 2 rings (SSSR count). The van der Waals surface area contributed by atoms with Gasteiger partial charge in [0.15, 0.2) is 0 Å². The van der Waals surface area contributed by atoms with E-state index in [9.17, 15) is 9.59 Å². The Morgan fingerprint density at radius 2 is 1.95 bits per heavy atom. The molecule has 0 aliphatic carbocycles. The summed E-state index contributed by atoms with van der Waals surface area (Å²) in [5.74, 6) is -0.389. The van der Waals surface area contributed by atoms with Gasteiger partial charge < -0.3 is 10.6 Å². The standard InChI is InChI=1S/C13H14N4O2S/c1-9-16-17-13(20-9)15-11(18)7-8-14-12(19)10-5-3-2-4-6-10/h2-6H,7-8H2,1H3,(H,14,19)(H,15,17,18). The first-order chi connectivity index (χ1) is 9.65. The van der Waals surface area contributed by atoms with Gasteiger partial charge in [-0.1, -0.05) is 29.5 Å². The molecule has 20 heavy (non-hydrogen) atoms. The Hall–Kier alpha value is -2.28. The summed E-state index contributed by atoms with van der Waals surface area (Å²) >= 11 is 1.31. The average molecular weight is 290 g/mol. The zero-order valence-corrected chi connectivity index (χ0v) is 11.7. The van der Waals surface area contributed by atoms with E-state index in [2.05, 4.69) is 20.8 Å². The van der Waals surface area contributed by atoms with Crippen molar-refractivity contribution in [1.82, 2.24) is 15.5 Å². The van der Waals surface area contributed by atoms with E-state index in [0.29, 0.717) is 10.7 Å². The molecule has 1 heterocycles. The van der Waals surface area contributed by atoms with Gasteiger partial charge in [-0.25, -0.2) is 0 Å². The number of hydrogen-bond donors (Lipinski definition) is 2. The van der Waals surface area contributed by atoms with Gasteiger partial charge in [-0.15, -0.1) is 10.2 Å². The molecular weight excluding hydrogens is 276 g/mol. The van der Waals surface area contributed by atoms with Crippen LogP contribution >= 0.6 is 11.3 Å². The van der Waals surface area contributed by atoms with Crippen LogP contribution in [0.15, 0.2) is 30.3 Å². The maximum Gasteiger partial charge on any atom is 0.251 e. The molecule has 104 valence electrons. The van der Waals surface area contributed by atoms with E-state index in [1.54, 1.807) is 24.3 Å². The number of anilines is 1. The largest absolute Gasteiger partial charge is 0.352 e. The van der Waals surface area contributed by atoms with Crippen molar-refractivity contribution in [3.05, 3.63) is 40.9 Å². The molecule has 6 nitrogen and oxygen atoms in total. The first-order valence-corrected chi connectivity index (χ1v) is 6.90. The third-order valence-electron chi connectivity index (χ3n) is 2.45. The van der Waals surface area contributed by atoms with Crippen LogP contribution in [0, 0.1) is 6.92 Å². The zero-order valence-electron chi connectivity index (χ0n) is 10.9. The minimum atomic E-state index is -0.200. The van der Waals surface area contributed by atoms with Crippen molar-refractivity contribution in [2.75, 3.05) is 11.9 Å². The van der Waals surface area contributed by atoms with Crippen LogP contribution in [0.25, 0.3) is 0 Å². The fraction of sp³-hybridized carbons (Fsp3) is 0.231. The minimum Gasteiger partial charge on any atom is -0.352 e. The highest BCUT2D eigenvalue weighted by Gasteiger charge is 2.08. The van der Waals surface area contributed by atoms with Crippen LogP contribution in [-0.4, -0.2) is 28.6 Å². The molecule has 0 saturated heterocycles. The molecule has 7 heteroatoms. The molecule has 0 saturated carbocycles. The Morgan fingerprint density at radius 3 is 2.60 bits per heavy atom. The smallest absolute Gasteiger partial charge is 0.251 e. The van der Waals surface area contributed by atoms with Gasteiger partial charge in [0.25, 0.3) is 5.91 Å². The van der Waals surface area contributed by atoms with Crippen LogP contribution in [0.3, 0.4) is 0 Å². The predicted molar refractivity (Wildman–Crippen MR) is 76.7 cm³/mol. The lowest BCUT2D eigenvalue weighted by atomic mass is 10.2. The fourth-order valence-corrected chi connectivity index (χ4v) is 2.12. The molecule has 2 N–H and O–H groups in total. The Balaban J connectivity index is 1.73. The molecule has 0 aliphatic rings. The summed E-state index contributed by atoms with van der Waals surface area (Å²) < 4.78 is 0. The summed E-state index contributed by atoms with van der Waals surface area (Å²) in [6.07, 6.45) is 0.192. The number of hydrogen-bond acceptors (Lipinski definition) is 5. The van der Waals surface area contributed by atoms with Crippen LogP contribution in [0.4, 0.5) is 5.13 Å². The molecule has 0 fully saturated rings. The van der Waals surface area contributed by atoms with Gasteiger partial charge in [-0.2, -0.15) is 0 Å². The van der Waals surface area contributed by atoms with E-state index >= 15 is 0 Å². The lowest BCUT2D eigenvalue weighted by Crippen LogP contribution is -2.27. The van der Waals surface area contributed by atoms with Crippen molar-refractivity contribution < 1.29 is 9.59 Å². The number of aryl methyl sites for hydroxylation is 1. The maximum atomic E-state index is 11.7. The lowest BCUT2D eigenvalue weighted by molar-refractivity contribution is -0.116. The van der Waals surface area contributed by atoms with E-state index in [1.807, 2.05) is 13.0 Å². The zero-order chi connectivity index (χ0) is 14.4. The molecule has 0 radical (unpaired) electrons. The van der Waals surface area contributed by atoms with Crippen molar-refractivity contribution in [3.8, 4) is 0 Å². The Bertz CT molecular complexity index is 597. The molecule has 0 bridgehead atoms. The molecule has 0 unspecified atom stereocenters. The van der Waals surface area contributed by atoms with Gasteiger partial charge >= 0.3 is 0 Å². The predicted octanol–water partition coefficient (Wildman–Crippen LogP) is 1.61. The SMILES string of the molecule is Cc1nnc(NC(=O)CCNC(=O)c2ccccc2)s1. The first kappa shape index (κ1) is 14.1. The summed E-state index contributed by atoms with van der Waals surface area (Å²) in [5.41, 5.74) is 0.577. The molecule has 0 aliphatic heterocycles. The van der Waals surface area contributed by atoms with Crippen molar-refractivity contribution in [1.29, 1.82) is 0 Å². The summed E-state index contributed by atoms with van der Waals surface area (Å²) in [5, 5.41) is 14.2. The van der Waals surface area contributed by atoms with Crippen molar-refractivity contribution >= 4 is 28.3 Å². The number of rotatable bonds is 5. The highest BCUT2D eigenvalue weighted by atomic mass is 32.1. The third-order valence-corrected chi connectivity index (χ3v) is 3.20. The highest BCUT2D eigenvalue weighted by molar-refractivity contribution is 7.15. The van der Waals surface area contributed by atoms with Gasteiger partial charge in [-0.05, 0) is 19.1 Å². The van der Waals surface area contributed by atoms with Crippen LogP contribution in [0.2, 0.25) is 0 Å². The molecule has 2 aromatic rings.